The van der Waals surface area contributed by atoms with E-state index in [1.165, 1.54) is 5.56 Å². The lowest BCUT2D eigenvalue weighted by molar-refractivity contribution is -0.161. The van der Waals surface area contributed by atoms with Gasteiger partial charge in [0, 0.05) is 30.7 Å². The Bertz CT molecular complexity index is 696. The van der Waals surface area contributed by atoms with Crippen molar-refractivity contribution in [2.24, 2.45) is 5.92 Å². The van der Waals surface area contributed by atoms with Gasteiger partial charge in [0.2, 0.25) is 0 Å². The van der Waals surface area contributed by atoms with Gasteiger partial charge in [-0.1, -0.05) is 0 Å². The van der Waals surface area contributed by atoms with Crippen LogP contribution in [-0.2, 0) is 31.9 Å². The maximum atomic E-state index is 11.8. The van der Waals surface area contributed by atoms with Crippen molar-refractivity contribution in [1.29, 1.82) is 0 Å². The molecule has 0 aliphatic rings. The van der Waals surface area contributed by atoms with Crippen molar-refractivity contribution in [2.75, 3.05) is 19.1 Å². The zero-order chi connectivity index (χ0) is 22.0. The summed E-state index contributed by atoms with van der Waals surface area (Å²) in [5.41, 5.74) is 2.45. The lowest BCUT2D eigenvalue weighted by Crippen LogP contribution is -2.28. The van der Waals surface area contributed by atoms with Crippen LogP contribution in [0.1, 0.15) is 44.2 Å². The van der Waals surface area contributed by atoms with E-state index in [4.69, 9.17) is 21.1 Å². The van der Waals surface area contributed by atoms with Crippen molar-refractivity contribution >= 4 is 23.5 Å². The van der Waals surface area contributed by atoms with Crippen LogP contribution in [0, 0.1) is 5.92 Å². The first kappa shape index (κ1) is 25.6. The molecule has 2 rings (SSSR count). The standard InChI is InChI=1S/C15H21NO4.C8H10ClN/c1-3-19-14(17)13(15(18)20-4-2)7-5-6-12-8-10-16-11-9-12;9-5-1-2-8-3-6-10-7-4-8/h8-11,13H,3-7H2,1-2H3;3-4,6-7H,1-2,5H2. The molecular formula is C23H31ClN2O4. The van der Waals surface area contributed by atoms with E-state index >= 15 is 0 Å². The molecule has 30 heavy (non-hydrogen) atoms. The summed E-state index contributed by atoms with van der Waals surface area (Å²) in [4.78, 5) is 31.4. The summed E-state index contributed by atoms with van der Waals surface area (Å²) in [5.74, 6) is -1.08. The van der Waals surface area contributed by atoms with Gasteiger partial charge >= 0.3 is 11.9 Å². The summed E-state index contributed by atoms with van der Waals surface area (Å²) in [7, 11) is 0. The molecule has 0 aromatic carbocycles. The molecule has 0 spiro atoms. The fourth-order valence-electron chi connectivity index (χ4n) is 2.70. The molecule has 7 heteroatoms. The molecule has 0 unspecified atom stereocenters. The highest BCUT2D eigenvalue weighted by Crippen LogP contribution is 2.14. The van der Waals surface area contributed by atoms with Crippen LogP contribution in [0.5, 0.6) is 0 Å². The molecule has 2 heterocycles. The van der Waals surface area contributed by atoms with Gasteiger partial charge in [0.15, 0.2) is 5.92 Å². The summed E-state index contributed by atoms with van der Waals surface area (Å²) in [6, 6.07) is 7.88. The number of ether oxygens (including phenoxy) is 2. The molecule has 2 aromatic rings. The van der Waals surface area contributed by atoms with Gasteiger partial charge in [-0.25, -0.2) is 0 Å². The van der Waals surface area contributed by atoms with Crippen LogP contribution in [0.3, 0.4) is 0 Å². The Morgan fingerprint density at radius 2 is 1.27 bits per heavy atom. The first-order chi connectivity index (χ1) is 14.6. The highest BCUT2D eigenvalue weighted by Gasteiger charge is 2.28. The van der Waals surface area contributed by atoms with Crippen molar-refractivity contribution in [2.45, 2.75) is 46.0 Å². The second kappa shape index (κ2) is 16.3. The average Bonchev–Trinajstić information content (AvgIpc) is 2.77. The molecule has 0 saturated heterocycles. The minimum atomic E-state index is -0.822. The Balaban J connectivity index is 0.000000375. The third-order valence-corrected chi connectivity index (χ3v) is 4.47. The number of hydrogen-bond donors (Lipinski definition) is 0. The van der Waals surface area contributed by atoms with Crippen molar-refractivity contribution < 1.29 is 19.1 Å². The van der Waals surface area contributed by atoms with Crippen LogP contribution in [0.2, 0.25) is 0 Å². The van der Waals surface area contributed by atoms with E-state index in [0.29, 0.717) is 12.8 Å². The lowest BCUT2D eigenvalue weighted by Gasteiger charge is -2.14. The number of nitrogens with zero attached hydrogens (tertiary/aromatic N) is 2. The molecule has 0 atom stereocenters. The molecule has 0 aliphatic carbocycles. The smallest absolute Gasteiger partial charge is 0.320 e. The minimum Gasteiger partial charge on any atom is -0.465 e. The van der Waals surface area contributed by atoms with Gasteiger partial charge < -0.3 is 9.47 Å². The molecular weight excluding hydrogens is 404 g/mol. The lowest BCUT2D eigenvalue weighted by atomic mass is 10.00. The Kier molecular flexibility index (Phi) is 13.9. The molecule has 0 N–H and O–H groups in total. The van der Waals surface area contributed by atoms with Gasteiger partial charge in [-0.05, 0) is 81.3 Å². The molecule has 0 radical (unpaired) electrons. The Hall–Kier alpha value is -2.47. The van der Waals surface area contributed by atoms with E-state index < -0.39 is 17.9 Å². The zero-order valence-corrected chi connectivity index (χ0v) is 18.5. The van der Waals surface area contributed by atoms with Crippen molar-refractivity contribution in [3.8, 4) is 0 Å². The van der Waals surface area contributed by atoms with E-state index in [0.717, 1.165) is 30.7 Å². The second-order valence-corrected chi connectivity index (χ2v) is 6.83. The number of halogens is 1. The Morgan fingerprint density at radius 1 is 0.833 bits per heavy atom. The summed E-state index contributed by atoms with van der Waals surface area (Å²) in [5, 5.41) is 0. The first-order valence-corrected chi connectivity index (χ1v) is 10.8. The van der Waals surface area contributed by atoms with Crippen molar-refractivity contribution in [3.05, 3.63) is 60.2 Å². The van der Waals surface area contributed by atoms with Crippen LogP contribution in [-0.4, -0.2) is 41.0 Å². The Labute approximate surface area is 184 Å². The fraction of sp³-hybridized carbons (Fsp3) is 0.478. The SMILES string of the molecule is CCOC(=O)C(CCCc1ccncc1)C(=O)OCC.ClCCCc1ccncc1. The van der Waals surface area contributed by atoms with Crippen LogP contribution in [0.4, 0.5) is 0 Å². The molecule has 6 nitrogen and oxygen atoms in total. The molecule has 0 amide bonds. The highest BCUT2D eigenvalue weighted by atomic mass is 35.5. The quantitative estimate of drug-likeness (QED) is 0.296. The van der Waals surface area contributed by atoms with Crippen LogP contribution in [0.15, 0.2) is 49.1 Å². The fourth-order valence-corrected chi connectivity index (χ4v) is 2.83. The molecule has 0 saturated carbocycles. The number of hydrogen-bond acceptors (Lipinski definition) is 6. The Morgan fingerprint density at radius 3 is 1.67 bits per heavy atom. The largest absolute Gasteiger partial charge is 0.465 e. The van der Waals surface area contributed by atoms with E-state index in [9.17, 15) is 9.59 Å². The van der Waals surface area contributed by atoms with E-state index in [1.807, 2.05) is 36.7 Å². The van der Waals surface area contributed by atoms with Gasteiger partial charge in [-0.2, -0.15) is 0 Å². The maximum Gasteiger partial charge on any atom is 0.320 e. The van der Waals surface area contributed by atoms with Gasteiger partial charge in [0.1, 0.15) is 0 Å². The number of pyridine rings is 2. The number of carbonyl (C=O) groups is 2. The summed E-state index contributed by atoms with van der Waals surface area (Å²) in [6.07, 6.45) is 11.1. The number of alkyl halides is 1. The summed E-state index contributed by atoms with van der Waals surface area (Å²) < 4.78 is 9.85. The number of aromatic nitrogens is 2. The number of esters is 2. The van der Waals surface area contributed by atoms with Gasteiger partial charge in [0.25, 0.3) is 0 Å². The van der Waals surface area contributed by atoms with Crippen LogP contribution in [0.25, 0.3) is 0 Å². The third kappa shape index (κ3) is 10.9. The molecule has 0 bridgehead atoms. The third-order valence-electron chi connectivity index (χ3n) is 4.20. The number of aryl methyl sites for hydroxylation is 2. The molecule has 164 valence electrons. The van der Waals surface area contributed by atoms with Gasteiger partial charge in [-0.3, -0.25) is 19.6 Å². The van der Waals surface area contributed by atoms with Crippen LogP contribution >= 0.6 is 11.6 Å². The van der Waals surface area contributed by atoms with E-state index in [-0.39, 0.29) is 13.2 Å². The van der Waals surface area contributed by atoms with Crippen LogP contribution < -0.4 is 0 Å². The van der Waals surface area contributed by atoms with Crippen molar-refractivity contribution in [1.82, 2.24) is 9.97 Å². The zero-order valence-electron chi connectivity index (χ0n) is 17.8. The van der Waals surface area contributed by atoms with Gasteiger partial charge in [-0.15, -0.1) is 11.6 Å². The summed E-state index contributed by atoms with van der Waals surface area (Å²) >= 11 is 5.54. The topological polar surface area (TPSA) is 78.4 Å². The van der Waals surface area contributed by atoms with Gasteiger partial charge in [0.05, 0.1) is 13.2 Å². The first-order valence-electron chi connectivity index (χ1n) is 10.3. The molecule has 0 fully saturated rings. The normalized spacial score (nSPS) is 10.1. The highest BCUT2D eigenvalue weighted by molar-refractivity contribution is 6.17. The van der Waals surface area contributed by atoms with E-state index in [1.54, 1.807) is 26.2 Å². The predicted octanol–water partition coefficient (Wildman–Crippen LogP) is 4.40. The predicted molar refractivity (Wildman–Crippen MR) is 117 cm³/mol. The minimum absolute atomic E-state index is 0.263. The van der Waals surface area contributed by atoms with Crippen molar-refractivity contribution in [3.63, 3.8) is 0 Å². The monoisotopic (exact) mass is 434 g/mol. The number of rotatable bonds is 11. The molecule has 0 aliphatic heterocycles. The average molecular weight is 435 g/mol. The summed E-state index contributed by atoms with van der Waals surface area (Å²) in [6.45, 7) is 3.96. The maximum absolute atomic E-state index is 11.8. The van der Waals surface area contributed by atoms with E-state index in [2.05, 4.69) is 9.97 Å². The number of carbonyl (C=O) groups excluding carboxylic acids is 2. The molecule has 2 aromatic heterocycles. The second-order valence-electron chi connectivity index (χ2n) is 6.45.